The van der Waals surface area contributed by atoms with Crippen molar-refractivity contribution < 1.29 is 14.6 Å². The summed E-state index contributed by atoms with van der Waals surface area (Å²) in [5, 5.41) is 12.7. The zero-order chi connectivity index (χ0) is 28.1. The number of nitrogen functional groups attached to an aromatic ring is 2. The van der Waals surface area contributed by atoms with Crippen LogP contribution in [0.4, 0.5) is 11.8 Å². The maximum absolute atomic E-state index is 8.29. The first-order valence-corrected chi connectivity index (χ1v) is 14.6. The van der Waals surface area contributed by atoms with Crippen molar-refractivity contribution in [1.29, 1.82) is 0 Å². The number of hydrogen-bond acceptors (Lipinski definition) is 10. The van der Waals surface area contributed by atoms with Gasteiger partial charge in [-0.3, -0.25) is 14.6 Å². The molecule has 2 aliphatic heterocycles. The molecule has 1 saturated carbocycles. The second kappa shape index (κ2) is 12.7. The normalized spacial score (nSPS) is 19.2. The van der Waals surface area contributed by atoms with Gasteiger partial charge in [0.15, 0.2) is 5.82 Å². The van der Waals surface area contributed by atoms with Crippen LogP contribution in [0.1, 0.15) is 75.5 Å². The predicted octanol–water partition coefficient (Wildman–Crippen LogP) is 3.36. The van der Waals surface area contributed by atoms with E-state index < -0.39 is 0 Å². The SMILES string of the molecule is CCCCCCO.COc1cc(C2CC3(C2)CN(C2CCOCC2)C3)cnc1Cn1ncc2nc(N)nc(N)c21. The predicted molar refractivity (Wildman–Crippen MR) is 155 cm³/mol. The summed E-state index contributed by atoms with van der Waals surface area (Å²) >= 11 is 0. The number of anilines is 2. The van der Waals surface area contributed by atoms with Crippen LogP contribution in [-0.4, -0.2) is 80.8 Å². The quantitative estimate of drug-likeness (QED) is 0.337. The summed E-state index contributed by atoms with van der Waals surface area (Å²) < 4.78 is 13.0. The Bertz CT molecular complexity index is 1260. The standard InChI is InChI=1S/C23H30N8O2.C6H14O/c1-32-19-6-14(15-7-23(8-15)12-30(13-23)16-2-4-33-5-3-16)9-26-18(19)11-31-20-17(10-27-31)28-22(25)29-21(20)24;1-2-3-4-5-6-7/h6,9-10,15-16H,2-5,7-8,11-13H2,1H3,(H4,24,25,28,29);7H,2-6H2,1H3. The zero-order valence-electron chi connectivity index (χ0n) is 23.9. The van der Waals surface area contributed by atoms with Gasteiger partial charge in [0.25, 0.3) is 0 Å². The third-order valence-corrected chi connectivity index (χ3v) is 8.63. The van der Waals surface area contributed by atoms with E-state index in [-0.39, 0.29) is 5.95 Å². The van der Waals surface area contributed by atoms with Crippen LogP contribution in [0, 0.1) is 5.41 Å². The lowest BCUT2D eigenvalue weighted by Crippen LogP contribution is -2.64. The molecule has 218 valence electrons. The van der Waals surface area contributed by atoms with Gasteiger partial charge in [0.05, 0.1) is 19.9 Å². The Hall–Kier alpha value is -3.02. The summed E-state index contributed by atoms with van der Waals surface area (Å²) in [5.41, 5.74) is 15.6. The van der Waals surface area contributed by atoms with Gasteiger partial charge in [-0.1, -0.05) is 26.2 Å². The number of aromatic nitrogens is 5. The van der Waals surface area contributed by atoms with Crippen molar-refractivity contribution in [2.75, 3.05) is 51.5 Å². The Morgan fingerprint density at radius 2 is 1.88 bits per heavy atom. The highest BCUT2D eigenvalue weighted by Gasteiger charge is 2.53. The van der Waals surface area contributed by atoms with E-state index in [1.165, 1.54) is 63.6 Å². The summed E-state index contributed by atoms with van der Waals surface area (Å²) in [6, 6.07) is 2.86. The second-order valence-electron chi connectivity index (χ2n) is 11.6. The molecule has 3 aliphatic rings. The van der Waals surface area contributed by atoms with Crippen molar-refractivity contribution in [3.8, 4) is 5.75 Å². The Morgan fingerprint density at radius 1 is 1.10 bits per heavy atom. The summed E-state index contributed by atoms with van der Waals surface area (Å²) in [4.78, 5) is 15.7. The average Bonchev–Trinajstić information content (AvgIpc) is 3.31. The third-order valence-electron chi connectivity index (χ3n) is 8.63. The number of likely N-dealkylation sites (tertiary alicyclic amines) is 1. The average molecular weight is 553 g/mol. The van der Waals surface area contributed by atoms with Crippen LogP contribution in [0.25, 0.3) is 11.0 Å². The molecule has 1 aliphatic carbocycles. The summed E-state index contributed by atoms with van der Waals surface area (Å²) in [6.45, 7) is 7.23. The van der Waals surface area contributed by atoms with Gasteiger partial charge in [0.1, 0.15) is 22.5 Å². The van der Waals surface area contributed by atoms with E-state index in [1.54, 1.807) is 18.0 Å². The number of nitrogens with zero attached hydrogens (tertiary/aromatic N) is 6. The lowest BCUT2D eigenvalue weighted by Gasteiger charge is -2.61. The van der Waals surface area contributed by atoms with E-state index in [2.05, 4.69) is 33.0 Å². The summed E-state index contributed by atoms with van der Waals surface area (Å²) in [5.74, 6) is 1.76. The van der Waals surface area contributed by atoms with Crippen LogP contribution in [0.5, 0.6) is 5.75 Å². The molecule has 1 spiro atoms. The molecule has 0 amide bonds. The van der Waals surface area contributed by atoms with Crippen LogP contribution in [0.3, 0.4) is 0 Å². The number of aliphatic hydroxyl groups excluding tert-OH is 1. The first kappa shape index (κ1) is 28.5. The molecule has 0 radical (unpaired) electrons. The van der Waals surface area contributed by atoms with Gasteiger partial charge < -0.3 is 26.0 Å². The topological polar surface area (TPSA) is 150 Å². The van der Waals surface area contributed by atoms with Gasteiger partial charge in [-0.2, -0.15) is 10.1 Å². The van der Waals surface area contributed by atoms with Crippen LogP contribution in [0.15, 0.2) is 18.5 Å². The van der Waals surface area contributed by atoms with E-state index in [0.717, 1.165) is 37.1 Å². The molecule has 2 saturated heterocycles. The lowest BCUT2D eigenvalue weighted by atomic mass is 9.56. The fourth-order valence-electron chi connectivity index (χ4n) is 6.46. The second-order valence-corrected chi connectivity index (χ2v) is 11.6. The Morgan fingerprint density at radius 3 is 2.58 bits per heavy atom. The van der Waals surface area contributed by atoms with E-state index in [4.69, 9.17) is 31.0 Å². The van der Waals surface area contributed by atoms with Crippen molar-refractivity contribution in [1.82, 2.24) is 29.6 Å². The highest BCUT2D eigenvalue weighted by Crippen LogP contribution is 2.57. The van der Waals surface area contributed by atoms with Gasteiger partial charge in [-0.25, -0.2) is 4.98 Å². The number of nitrogens with two attached hydrogens (primary N) is 2. The molecule has 3 aromatic heterocycles. The van der Waals surface area contributed by atoms with E-state index in [9.17, 15) is 0 Å². The Balaban J connectivity index is 0.000000411. The van der Waals surface area contributed by atoms with Crippen molar-refractivity contribution in [2.45, 2.75) is 76.8 Å². The molecule has 5 heterocycles. The number of rotatable bonds is 9. The molecule has 40 heavy (non-hydrogen) atoms. The minimum Gasteiger partial charge on any atom is -0.495 e. The highest BCUT2D eigenvalue weighted by molar-refractivity contribution is 5.85. The number of hydrogen-bond donors (Lipinski definition) is 3. The molecular weight excluding hydrogens is 508 g/mol. The molecule has 0 unspecified atom stereocenters. The number of fused-ring (bicyclic) bond motifs is 1. The Kier molecular flexibility index (Phi) is 9.02. The zero-order valence-corrected chi connectivity index (χ0v) is 23.9. The molecule has 6 rings (SSSR count). The van der Waals surface area contributed by atoms with E-state index in [0.29, 0.717) is 41.3 Å². The van der Waals surface area contributed by atoms with Gasteiger partial charge in [-0.15, -0.1) is 0 Å². The highest BCUT2D eigenvalue weighted by atomic mass is 16.5. The molecular formula is C29H44N8O3. The van der Waals surface area contributed by atoms with Crippen LogP contribution >= 0.6 is 0 Å². The first-order chi connectivity index (χ1) is 19.4. The van der Waals surface area contributed by atoms with E-state index >= 15 is 0 Å². The maximum Gasteiger partial charge on any atom is 0.222 e. The van der Waals surface area contributed by atoms with Crippen molar-refractivity contribution >= 4 is 22.8 Å². The van der Waals surface area contributed by atoms with Gasteiger partial charge in [0, 0.05) is 45.1 Å². The smallest absolute Gasteiger partial charge is 0.222 e. The largest absolute Gasteiger partial charge is 0.495 e. The van der Waals surface area contributed by atoms with Crippen molar-refractivity contribution in [3.05, 3.63) is 29.7 Å². The van der Waals surface area contributed by atoms with Gasteiger partial charge in [-0.05, 0) is 55.1 Å². The van der Waals surface area contributed by atoms with Crippen LogP contribution in [0.2, 0.25) is 0 Å². The molecule has 5 N–H and O–H groups in total. The number of methoxy groups -OCH3 is 1. The number of aliphatic hydroxyl groups is 1. The molecule has 3 aromatic rings. The van der Waals surface area contributed by atoms with Crippen molar-refractivity contribution in [3.63, 3.8) is 0 Å². The van der Waals surface area contributed by atoms with Crippen LogP contribution in [-0.2, 0) is 11.3 Å². The first-order valence-electron chi connectivity index (χ1n) is 14.6. The summed E-state index contributed by atoms with van der Waals surface area (Å²) in [6.07, 6.45) is 13.1. The molecule has 0 aromatic carbocycles. The van der Waals surface area contributed by atoms with Crippen LogP contribution < -0.4 is 16.2 Å². The van der Waals surface area contributed by atoms with Gasteiger partial charge in [0.2, 0.25) is 5.95 Å². The van der Waals surface area contributed by atoms with Gasteiger partial charge >= 0.3 is 0 Å². The molecule has 0 atom stereocenters. The fourth-order valence-corrected chi connectivity index (χ4v) is 6.46. The molecule has 3 fully saturated rings. The molecule has 11 heteroatoms. The number of unbranched alkanes of at least 4 members (excludes halogenated alkanes) is 3. The monoisotopic (exact) mass is 552 g/mol. The number of pyridine rings is 1. The number of ether oxygens (including phenoxy) is 2. The third kappa shape index (κ3) is 6.16. The fraction of sp³-hybridized carbons (Fsp3) is 0.655. The lowest BCUT2D eigenvalue weighted by molar-refractivity contribution is -0.112. The summed E-state index contributed by atoms with van der Waals surface area (Å²) in [7, 11) is 1.68. The van der Waals surface area contributed by atoms with Crippen molar-refractivity contribution in [2.24, 2.45) is 5.41 Å². The molecule has 11 nitrogen and oxygen atoms in total. The van der Waals surface area contributed by atoms with E-state index in [1.807, 2.05) is 6.20 Å². The molecule has 0 bridgehead atoms. The minimum atomic E-state index is 0.139. The minimum absolute atomic E-state index is 0.139. The maximum atomic E-state index is 8.29. The Labute approximate surface area is 236 Å².